The molecule has 1 unspecified atom stereocenters. The maximum absolute atomic E-state index is 5.76. The van der Waals surface area contributed by atoms with Gasteiger partial charge in [0, 0.05) is 25.1 Å². The van der Waals surface area contributed by atoms with E-state index in [1.54, 1.807) is 31.6 Å². The van der Waals surface area contributed by atoms with Crippen molar-refractivity contribution in [1.29, 1.82) is 0 Å². The van der Waals surface area contributed by atoms with Crippen molar-refractivity contribution in [3.8, 4) is 11.4 Å². The molecule has 2 N–H and O–H groups in total. The smallest absolute Gasteiger partial charge is 0.246 e. The number of nitrogens with two attached hydrogens (primary N) is 1. The number of rotatable bonds is 4. The Morgan fingerprint density at radius 2 is 2.19 bits per heavy atom. The van der Waals surface area contributed by atoms with Crippen molar-refractivity contribution >= 4 is 0 Å². The van der Waals surface area contributed by atoms with E-state index < -0.39 is 6.04 Å². The van der Waals surface area contributed by atoms with Gasteiger partial charge >= 0.3 is 0 Å². The molecule has 84 valence electrons. The molecule has 0 radical (unpaired) electrons. The van der Waals surface area contributed by atoms with Crippen LogP contribution in [0.4, 0.5) is 0 Å². The van der Waals surface area contributed by atoms with Crippen LogP contribution >= 0.6 is 0 Å². The number of methoxy groups -OCH3 is 1. The zero-order chi connectivity index (χ0) is 11.4. The summed E-state index contributed by atoms with van der Waals surface area (Å²) in [6.07, 6.45) is 3.33. The Bertz CT molecular complexity index is 443. The molecule has 6 heteroatoms. The number of pyridine rings is 1. The molecule has 0 aliphatic carbocycles. The first-order chi connectivity index (χ1) is 7.81. The number of ether oxygens (including phenoxy) is 1. The molecule has 1 atom stereocenters. The first-order valence-corrected chi connectivity index (χ1v) is 4.80. The molecular weight excluding hydrogens is 208 g/mol. The maximum atomic E-state index is 5.76. The quantitative estimate of drug-likeness (QED) is 0.819. The number of nitrogens with zero attached hydrogens (tertiary/aromatic N) is 3. The lowest BCUT2D eigenvalue weighted by Crippen LogP contribution is -2.16. The summed E-state index contributed by atoms with van der Waals surface area (Å²) in [5, 5.41) is 3.84. The Morgan fingerprint density at radius 3 is 2.88 bits per heavy atom. The van der Waals surface area contributed by atoms with Crippen LogP contribution in [0.15, 0.2) is 29.0 Å². The van der Waals surface area contributed by atoms with E-state index in [-0.39, 0.29) is 0 Å². The van der Waals surface area contributed by atoms with Gasteiger partial charge in [-0.1, -0.05) is 5.16 Å². The molecule has 0 spiro atoms. The second-order valence-electron chi connectivity index (χ2n) is 3.25. The third-order valence-corrected chi connectivity index (χ3v) is 2.04. The lowest BCUT2D eigenvalue weighted by molar-refractivity contribution is 0.166. The minimum Gasteiger partial charge on any atom is -0.383 e. The number of hydrogen-bond acceptors (Lipinski definition) is 6. The largest absolute Gasteiger partial charge is 0.383 e. The Kier molecular flexibility index (Phi) is 3.23. The van der Waals surface area contributed by atoms with E-state index in [1.807, 2.05) is 0 Å². The molecule has 2 rings (SSSR count). The van der Waals surface area contributed by atoms with Gasteiger partial charge in [0.25, 0.3) is 0 Å². The Labute approximate surface area is 92.4 Å². The van der Waals surface area contributed by atoms with E-state index in [4.69, 9.17) is 15.0 Å². The second kappa shape index (κ2) is 4.82. The first-order valence-electron chi connectivity index (χ1n) is 4.80. The molecule has 0 bridgehead atoms. The van der Waals surface area contributed by atoms with Crippen molar-refractivity contribution in [3.63, 3.8) is 0 Å². The van der Waals surface area contributed by atoms with Gasteiger partial charge in [-0.15, -0.1) is 0 Å². The van der Waals surface area contributed by atoms with E-state index in [0.29, 0.717) is 18.3 Å². The molecular formula is C10H12N4O2. The third kappa shape index (κ3) is 2.23. The van der Waals surface area contributed by atoms with Crippen molar-refractivity contribution in [2.75, 3.05) is 13.7 Å². The van der Waals surface area contributed by atoms with Crippen molar-refractivity contribution in [3.05, 3.63) is 30.4 Å². The zero-order valence-corrected chi connectivity index (χ0v) is 8.83. The van der Waals surface area contributed by atoms with Crippen LogP contribution in [0.5, 0.6) is 0 Å². The van der Waals surface area contributed by atoms with E-state index in [1.165, 1.54) is 0 Å². The highest BCUT2D eigenvalue weighted by molar-refractivity contribution is 5.52. The minimum absolute atomic E-state index is 0.345. The summed E-state index contributed by atoms with van der Waals surface area (Å²) in [4.78, 5) is 8.10. The molecule has 0 saturated heterocycles. The molecule has 0 aliphatic heterocycles. The summed E-state index contributed by atoms with van der Waals surface area (Å²) in [6.45, 7) is 0.345. The van der Waals surface area contributed by atoms with E-state index in [2.05, 4.69) is 15.1 Å². The molecule has 0 amide bonds. The molecule has 0 aliphatic rings. The topological polar surface area (TPSA) is 87.1 Å². The van der Waals surface area contributed by atoms with Gasteiger partial charge in [-0.2, -0.15) is 4.98 Å². The molecule has 0 saturated carbocycles. The predicted molar refractivity (Wildman–Crippen MR) is 56.3 cm³/mol. The highest BCUT2D eigenvalue weighted by Crippen LogP contribution is 2.16. The van der Waals surface area contributed by atoms with E-state index in [9.17, 15) is 0 Å². The van der Waals surface area contributed by atoms with Gasteiger partial charge in [0.15, 0.2) is 0 Å². The minimum atomic E-state index is -0.395. The van der Waals surface area contributed by atoms with Gasteiger partial charge < -0.3 is 15.0 Å². The fourth-order valence-corrected chi connectivity index (χ4v) is 1.25. The molecule has 2 heterocycles. The van der Waals surface area contributed by atoms with Crippen molar-refractivity contribution in [1.82, 2.24) is 15.1 Å². The summed E-state index contributed by atoms with van der Waals surface area (Å²) < 4.78 is 9.96. The predicted octanol–water partition coefficient (Wildman–Crippen LogP) is 0.778. The Hall–Kier alpha value is -1.79. The molecule has 0 aromatic carbocycles. The number of hydrogen-bond donors (Lipinski definition) is 1. The molecule has 2 aromatic heterocycles. The summed E-state index contributed by atoms with van der Waals surface area (Å²) >= 11 is 0. The first kappa shape index (κ1) is 10.7. The van der Waals surface area contributed by atoms with Crippen LogP contribution in [0.25, 0.3) is 11.4 Å². The van der Waals surface area contributed by atoms with Crippen LogP contribution in [0, 0.1) is 0 Å². The van der Waals surface area contributed by atoms with Gasteiger partial charge in [-0.05, 0) is 12.1 Å². The lowest BCUT2D eigenvalue weighted by atomic mass is 10.2. The standard InChI is InChI=1S/C10H12N4O2/c1-15-6-8(11)10-13-9(14-16-10)7-2-4-12-5-3-7/h2-5,8H,6,11H2,1H3. The highest BCUT2D eigenvalue weighted by atomic mass is 16.5. The Balaban J connectivity index is 2.20. The normalized spacial score (nSPS) is 12.6. The van der Waals surface area contributed by atoms with Crippen molar-refractivity contribution in [2.24, 2.45) is 5.73 Å². The van der Waals surface area contributed by atoms with Crippen LogP contribution in [-0.2, 0) is 4.74 Å². The molecule has 6 nitrogen and oxygen atoms in total. The average molecular weight is 220 g/mol. The van der Waals surface area contributed by atoms with Crippen LogP contribution in [0.1, 0.15) is 11.9 Å². The fraction of sp³-hybridized carbons (Fsp3) is 0.300. The van der Waals surface area contributed by atoms with E-state index in [0.717, 1.165) is 5.56 Å². The van der Waals surface area contributed by atoms with Crippen LogP contribution in [0.3, 0.4) is 0 Å². The summed E-state index contributed by atoms with van der Waals surface area (Å²) in [5.41, 5.74) is 6.61. The van der Waals surface area contributed by atoms with Crippen LogP contribution < -0.4 is 5.73 Å². The van der Waals surface area contributed by atoms with Crippen molar-refractivity contribution < 1.29 is 9.26 Å². The Morgan fingerprint density at radius 1 is 1.44 bits per heavy atom. The number of aromatic nitrogens is 3. The lowest BCUT2D eigenvalue weighted by Gasteiger charge is -2.02. The maximum Gasteiger partial charge on any atom is 0.246 e. The zero-order valence-electron chi connectivity index (χ0n) is 8.83. The van der Waals surface area contributed by atoms with Gasteiger partial charge in [-0.25, -0.2) is 0 Å². The summed E-state index contributed by atoms with van der Waals surface area (Å²) in [6, 6.07) is 3.21. The molecule has 16 heavy (non-hydrogen) atoms. The third-order valence-electron chi connectivity index (χ3n) is 2.04. The second-order valence-corrected chi connectivity index (χ2v) is 3.25. The summed E-state index contributed by atoms with van der Waals surface area (Å²) in [7, 11) is 1.57. The monoisotopic (exact) mass is 220 g/mol. The van der Waals surface area contributed by atoms with Gasteiger partial charge in [0.1, 0.15) is 6.04 Å². The highest BCUT2D eigenvalue weighted by Gasteiger charge is 2.15. The fourth-order valence-electron chi connectivity index (χ4n) is 1.25. The SMILES string of the molecule is COCC(N)c1nc(-c2ccncc2)no1. The van der Waals surface area contributed by atoms with Crippen LogP contribution in [-0.4, -0.2) is 28.8 Å². The van der Waals surface area contributed by atoms with Gasteiger partial charge in [0.2, 0.25) is 11.7 Å². The molecule has 0 fully saturated rings. The van der Waals surface area contributed by atoms with Crippen LogP contribution in [0.2, 0.25) is 0 Å². The van der Waals surface area contributed by atoms with Gasteiger partial charge in [-0.3, -0.25) is 4.98 Å². The van der Waals surface area contributed by atoms with Crippen molar-refractivity contribution in [2.45, 2.75) is 6.04 Å². The average Bonchev–Trinajstić information content (AvgIpc) is 2.80. The summed E-state index contributed by atoms with van der Waals surface area (Å²) in [5.74, 6) is 0.873. The van der Waals surface area contributed by atoms with E-state index >= 15 is 0 Å². The molecule has 2 aromatic rings. The van der Waals surface area contributed by atoms with Gasteiger partial charge in [0.05, 0.1) is 6.61 Å².